The minimum Gasteiger partial charge on any atom is -0.377 e. The Morgan fingerprint density at radius 1 is 1.09 bits per heavy atom. The molecule has 2 bridgehead atoms. The second-order valence-electron chi connectivity index (χ2n) is 7.48. The van der Waals surface area contributed by atoms with Crippen LogP contribution < -0.4 is 5.32 Å². The van der Waals surface area contributed by atoms with Crippen LogP contribution in [-0.2, 0) is 17.9 Å². The molecule has 1 amide bonds. The van der Waals surface area contributed by atoms with Gasteiger partial charge >= 0.3 is 0 Å². The van der Waals surface area contributed by atoms with Crippen molar-refractivity contribution in [2.24, 2.45) is 0 Å². The van der Waals surface area contributed by atoms with E-state index in [4.69, 9.17) is 4.74 Å². The molecule has 8 nitrogen and oxygen atoms in total. The fourth-order valence-electron chi connectivity index (χ4n) is 3.62. The predicted molar refractivity (Wildman–Crippen MR) is 115 cm³/mol. The quantitative estimate of drug-likeness (QED) is 0.445. The van der Waals surface area contributed by atoms with E-state index < -0.39 is 17.7 Å². The topological polar surface area (TPSA) is 94.8 Å². The molecule has 166 valence electrons. The zero-order chi connectivity index (χ0) is 22.8. The molecule has 3 aromatic heterocycles. The molecule has 0 saturated carbocycles. The van der Waals surface area contributed by atoms with Crippen LogP contribution in [-0.4, -0.2) is 37.2 Å². The van der Waals surface area contributed by atoms with Crippen molar-refractivity contribution in [3.63, 3.8) is 0 Å². The van der Waals surface area contributed by atoms with Gasteiger partial charge in [-0.2, -0.15) is 4.39 Å². The standard InChI is InChI=1S/C23H18F2N6O2/c24-18-10-16(11-26-21(18)25)14-5-6-15-12-33-8-2-7-31-13-27-30-22(31)19-3-1-4-20(28-19)29-23(32)17(15)9-14/h1,3-6,9-11,13H,2,7-8,12H2,(H,28,29,32). The van der Waals surface area contributed by atoms with Gasteiger partial charge in [-0.15, -0.1) is 10.2 Å². The average molecular weight is 448 g/mol. The molecular weight excluding hydrogens is 430 g/mol. The maximum absolute atomic E-state index is 13.7. The van der Waals surface area contributed by atoms with E-state index in [0.717, 1.165) is 6.07 Å². The van der Waals surface area contributed by atoms with E-state index in [-0.39, 0.29) is 6.61 Å². The van der Waals surface area contributed by atoms with Gasteiger partial charge in [0.2, 0.25) is 5.95 Å². The molecule has 0 fully saturated rings. The summed E-state index contributed by atoms with van der Waals surface area (Å²) in [5.41, 5.74) is 2.44. The van der Waals surface area contributed by atoms with Gasteiger partial charge < -0.3 is 14.6 Å². The second-order valence-corrected chi connectivity index (χ2v) is 7.48. The maximum atomic E-state index is 13.7. The number of carbonyl (C=O) groups excluding carboxylic acids is 1. The Balaban J connectivity index is 1.54. The Labute approximate surface area is 187 Å². The van der Waals surface area contributed by atoms with Crippen LogP contribution in [0.1, 0.15) is 22.3 Å². The zero-order valence-corrected chi connectivity index (χ0v) is 17.3. The molecule has 5 rings (SSSR count). The Bertz CT molecular complexity index is 1340. The highest BCUT2D eigenvalue weighted by molar-refractivity contribution is 6.05. The number of anilines is 1. The van der Waals surface area contributed by atoms with Crippen LogP contribution in [0.15, 0.2) is 55.0 Å². The van der Waals surface area contributed by atoms with Crippen LogP contribution in [0.2, 0.25) is 0 Å². The van der Waals surface area contributed by atoms with Gasteiger partial charge in [-0.3, -0.25) is 4.79 Å². The van der Waals surface area contributed by atoms with Crippen molar-refractivity contribution >= 4 is 11.7 Å². The minimum absolute atomic E-state index is 0.210. The molecule has 1 aliphatic rings. The van der Waals surface area contributed by atoms with Crippen LogP contribution in [0.4, 0.5) is 14.6 Å². The molecule has 0 atom stereocenters. The number of fused-ring (bicyclic) bond motifs is 5. The molecule has 4 aromatic rings. The van der Waals surface area contributed by atoms with Crippen LogP contribution in [0.25, 0.3) is 22.6 Å². The highest BCUT2D eigenvalue weighted by atomic mass is 19.2. The van der Waals surface area contributed by atoms with Gasteiger partial charge in [0, 0.05) is 30.5 Å². The van der Waals surface area contributed by atoms with Crippen molar-refractivity contribution in [1.82, 2.24) is 24.7 Å². The zero-order valence-electron chi connectivity index (χ0n) is 17.3. The van der Waals surface area contributed by atoms with Gasteiger partial charge in [0.15, 0.2) is 11.6 Å². The third kappa shape index (κ3) is 4.33. The minimum atomic E-state index is -1.18. The van der Waals surface area contributed by atoms with E-state index in [1.54, 1.807) is 42.7 Å². The third-order valence-corrected chi connectivity index (χ3v) is 5.26. The summed E-state index contributed by atoms with van der Waals surface area (Å²) >= 11 is 0. The summed E-state index contributed by atoms with van der Waals surface area (Å²) in [6, 6.07) is 11.3. The molecule has 0 spiro atoms. The molecular formula is C23H18F2N6O2. The number of benzene rings is 1. The van der Waals surface area contributed by atoms with Crippen LogP contribution in [0, 0.1) is 11.8 Å². The van der Waals surface area contributed by atoms with E-state index in [0.29, 0.717) is 59.2 Å². The van der Waals surface area contributed by atoms with Gasteiger partial charge in [-0.05, 0) is 41.8 Å². The first-order valence-electron chi connectivity index (χ1n) is 10.3. The molecule has 0 saturated heterocycles. The largest absolute Gasteiger partial charge is 0.377 e. The lowest BCUT2D eigenvalue weighted by atomic mass is 9.99. The number of carbonyl (C=O) groups is 1. The normalized spacial score (nSPS) is 14.1. The maximum Gasteiger partial charge on any atom is 0.257 e. The van der Waals surface area contributed by atoms with Gasteiger partial charge in [0.25, 0.3) is 5.91 Å². The number of rotatable bonds is 1. The van der Waals surface area contributed by atoms with Crippen molar-refractivity contribution in [3.8, 4) is 22.6 Å². The Morgan fingerprint density at radius 2 is 2.00 bits per heavy atom. The summed E-state index contributed by atoms with van der Waals surface area (Å²) in [6.45, 7) is 1.32. The fraction of sp³-hybridized carbons (Fsp3) is 0.174. The van der Waals surface area contributed by atoms with E-state index in [1.165, 1.54) is 6.20 Å². The molecule has 1 aliphatic heterocycles. The number of aromatic nitrogens is 5. The Hall–Kier alpha value is -4.05. The summed E-state index contributed by atoms with van der Waals surface area (Å²) < 4.78 is 34.6. The van der Waals surface area contributed by atoms with E-state index in [1.807, 2.05) is 4.57 Å². The monoisotopic (exact) mass is 448 g/mol. The van der Waals surface area contributed by atoms with E-state index in [9.17, 15) is 13.6 Å². The first kappa shape index (κ1) is 20.8. The SMILES string of the molecule is O=C1Nc2cccc(n2)-c2nncn2CCCOCc2ccc(-c3cnc(F)c(F)c3)cc21. The third-order valence-electron chi connectivity index (χ3n) is 5.26. The highest BCUT2D eigenvalue weighted by Gasteiger charge is 2.17. The van der Waals surface area contributed by atoms with Crippen molar-refractivity contribution in [3.05, 3.63) is 77.9 Å². The average Bonchev–Trinajstić information content (AvgIpc) is 3.29. The number of hydrogen-bond donors (Lipinski definition) is 1. The number of pyridine rings is 2. The molecule has 1 N–H and O–H groups in total. The van der Waals surface area contributed by atoms with E-state index >= 15 is 0 Å². The summed E-state index contributed by atoms with van der Waals surface area (Å²) in [5.74, 6) is -1.71. The lowest BCUT2D eigenvalue weighted by Gasteiger charge is -2.14. The smallest absolute Gasteiger partial charge is 0.257 e. The number of hydrogen-bond acceptors (Lipinski definition) is 6. The van der Waals surface area contributed by atoms with Crippen molar-refractivity contribution in [2.45, 2.75) is 19.6 Å². The molecule has 1 aromatic carbocycles. The Morgan fingerprint density at radius 3 is 2.88 bits per heavy atom. The molecule has 0 unspecified atom stereocenters. The molecule has 0 radical (unpaired) electrons. The number of halogens is 2. The first-order valence-corrected chi connectivity index (χ1v) is 10.3. The van der Waals surface area contributed by atoms with Crippen molar-refractivity contribution in [2.75, 3.05) is 11.9 Å². The number of aryl methyl sites for hydroxylation is 1. The van der Waals surface area contributed by atoms with Gasteiger partial charge in [-0.1, -0.05) is 18.2 Å². The molecule has 10 heteroatoms. The Kier molecular flexibility index (Phi) is 5.57. The molecule has 0 aliphatic carbocycles. The van der Waals surface area contributed by atoms with Crippen molar-refractivity contribution in [1.29, 1.82) is 0 Å². The second kappa shape index (κ2) is 8.83. The predicted octanol–water partition coefficient (Wildman–Crippen LogP) is 3.85. The van der Waals surface area contributed by atoms with E-state index in [2.05, 4.69) is 25.5 Å². The summed E-state index contributed by atoms with van der Waals surface area (Å²) in [5, 5.41) is 10.9. The van der Waals surface area contributed by atoms with Gasteiger partial charge in [-0.25, -0.2) is 14.4 Å². The summed E-state index contributed by atoms with van der Waals surface area (Å²) in [4.78, 5) is 21.1. The molecule has 4 heterocycles. The molecule has 33 heavy (non-hydrogen) atoms. The van der Waals surface area contributed by atoms with Gasteiger partial charge in [0.05, 0.1) is 6.61 Å². The van der Waals surface area contributed by atoms with Crippen LogP contribution in [0.5, 0.6) is 0 Å². The van der Waals surface area contributed by atoms with Crippen LogP contribution in [0.3, 0.4) is 0 Å². The number of nitrogens with one attached hydrogen (secondary N) is 1. The first-order chi connectivity index (χ1) is 16.1. The number of amides is 1. The summed E-state index contributed by atoms with van der Waals surface area (Å²) in [7, 11) is 0. The highest BCUT2D eigenvalue weighted by Crippen LogP contribution is 2.25. The van der Waals surface area contributed by atoms with Crippen molar-refractivity contribution < 1.29 is 18.3 Å². The van der Waals surface area contributed by atoms with Crippen LogP contribution >= 0.6 is 0 Å². The lowest BCUT2D eigenvalue weighted by molar-refractivity contribution is 0.1000. The fourth-order valence-corrected chi connectivity index (χ4v) is 3.62. The summed E-state index contributed by atoms with van der Waals surface area (Å²) in [6.07, 6.45) is 3.57. The van der Waals surface area contributed by atoms with Gasteiger partial charge in [0.1, 0.15) is 17.8 Å². The number of ether oxygens (including phenoxy) is 1. The lowest BCUT2D eigenvalue weighted by Crippen LogP contribution is -2.17. The number of nitrogens with zero attached hydrogens (tertiary/aromatic N) is 5.